The molecule has 1 saturated carbocycles. The molecule has 0 radical (unpaired) electrons. The van der Waals surface area contributed by atoms with Crippen LogP contribution in [0.25, 0.3) is 0 Å². The van der Waals surface area contributed by atoms with Crippen molar-refractivity contribution in [2.24, 2.45) is 16.9 Å². The minimum absolute atomic E-state index is 0.137. The number of fused-ring (bicyclic) bond motifs is 3. The van der Waals surface area contributed by atoms with E-state index >= 15 is 0 Å². The fourth-order valence-corrected chi connectivity index (χ4v) is 5.17. The number of benzene rings is 2. The third kappa shape index (κ3) is 3.38. The molecule has 2 aromatic carbocycles. The SMILES string of the molecule is Cc1cc(N2N=C3c4ccc(OC(=O)O)cc4OCC3C2C2CCCC2)ccc1C#N. The first kappa shape index (κ1) is 19.4. The number of carboxylic acid groups (broad SMARTS) is 1. The fraction of sp³-hybridized carbons (Fsp3) is 0.375. The van der Waals surface area contributed by atoms with E-state index in [1.54, 1.807) is 12.1 Å². The highest BCUT2D eigenvalue weighted by atomic mass is 16.7. The maximum Gasteiger partial charge on any atom is 0.511 e. The summed E-state index contributed by atoms with van der Waals surface area (Å²) in [5.41, 5.74) is 4.45. The van der Waals surface area contributed by atoms with E-state index in [4.69, 9.17) is 19.7 Å². The van der Waals surface area contributed by atoms with E-state index in [0.29, 0.717) is 23.8 Å². The molecule has 0 saturated heterocycles. The molecule has 0 bridgehead atoms. The number of hydrogen-bond donors (Lipinski definition) is 1. The summed E-state index contributed by atoms with van der Waals surface area (Å²) in [6, 6.07) is 13.4. The van der Waals surface area contributed by atoms with Crippen LogP contribution in [0.2, 0.25) is 0 Å². The summed E-state index contributed by atoms with van der Waals surface area (Å²) < 4.78 is 10.8. The number of rotatable bonds is 3. The van der Waals surface area contributed by atoms with Gasteiger partial charge in [0.25, 0.3) is 0 Å². The monoisotopic (exact) mass is 417 g/mol. The lowest BCUT2D eigenvalue weighted by Gasteiger charge is -2.34. The van der Waals surface area contributed by atoms with Gasteiger partial charge in [0, 0.05) is 11.6 Å². The van der Waals surface area contributed by atoms with Crippen molar-refractivity contribution in [1.29, 1.82) is 5.26 Å². The summed E-state index contributed by atoms with van der Waals surface area (Å²) in [6.07, 6.45) is 3.46. The van der Waals surface area contributed by atoms with Gasteiger partial charge < -0.3 is 14.6 Å². The summed E-state index contributed by atoms with van der Waals surface area (Å²) in [5, 5.41) is 25.4. The number of nitriles is 1. The van der Waals surface area contributed by atoms with E-state index in [0.717, 1.165) is 22.5 Å². The van der Waals surface area contributed by atoms with E-state index in [2.05, 4.69) is 11.1 Å². The normalized spacial score (nSPS) is 22.2. The second-order valence-electron chi connectivity index (χ2n) is 8.42. The molecule has 2 unspecified atom stereocenters. The van der Waals surface area contributed by atoms with Gasteiger partial charge in [-0.3, -0.25) is 5.01 Å². The van der Waals surface area contributed by atoms with Crippen molar-refractivity contribution < 1.29 is 19.4 Å². The summed E-state index contributed by atoms with van der Waals surface area (Å²) in [7, 11) is 0. The molecular formula is C24H23N3O4. The highest BCUT2D eigenvalue weighted by Crippen LogP contribution is 2.44. The van der Waals surface area contributed by atoms with Crippen molar-refractivity contribution in [2.45, 2.75) is 38.6 Å². The van der Waals surface area contributed by atoms with Gasteiger partial charge in [0.15, 0.2) is 0 Å². The van der Waals surface area contributed by atoms with Gasteiger partial charge in [-0.1, -0.05) is 12.8 Å². The van der Waals surface area contributed by atoms with E-state index in [1.807, 2.05) is 31.2 Å². The Hall–Kier alpha value is -3.53. The van der Waals surface area contributed by atoms with Crippen LogP contribution in [0, 0.1) is 30.1 Å². The molecule has 2 atom stereocenters. The second-order valence-corrected chi connectivity index (χ2v) is 8.42. The maximum atomic E-state index is 10.9. The summed E-state index contributed by atoms with van der Waals surface area (Å²) in [5.74, 6) is 1.49. The van der Waals surface area contributed by atoms with Gasteiger partial charge in [0.1, 0.15) is 11.5 Å². The lowest BCUT2D eigenvalue weighted by Crippen LogP contribution is -2.43. The third-order valence-electron chi connectivity index (χ3n) is 6.59. The van der Waals surface area contributed by atoms with Crippen molar-refractivity contribution in [2.75, 3.05) is 11.6 Å². The lowest BCUT2D eigenvalue weighted by molar-refractivity contribution is 0.144. The molecule has 2 aliphatic heterocycles. The van der Waals surface area contributed by atoms with Crippen LogP contribution >= 0.6 is 0 Å². The van der Waals surface area contributed by atoms with Crippen LogP contribution in [-0.4, -0.2) is 29.6 Å². The first-order chi connectivity index (χ1) is 15.0. The van der Waals surface area contributed by atoms with Crippen molar-refractivity contribution in [3.8, 4) is 17.6 Å². The standard InChI is InChI=1S/C24H23N3O4/c1-14-10-17(7-6-16(14)12-25)27-23(15-4-2-3-5-15)20-13-30-21-11-18(31-24(28)29)8-9-19(21)22(20)26-27/h6-11,15,20,23H,2-5,13H2,1H3,(H,28,29). The van der Waals surface area contributed by atoms with E-state index in [-0.39, 0.29) is 17.7 Å². The number of anilines is 1. The smallest absolute Gasteiger partial charge is 0.492 e. The Morgan fingerprint density at radius 1 is 1.26 bits per heavy atom. The molecule has 0 aromatic heterocycles. The zero-order chi connectivity index (χ0) is 21.5. The van der Waals surface area contributed by atoms with Gasteiger partial charge in [-0.25, -0.2) is 4.79 Å². The molecule has 5 rings (SSSR count). The Morgan fingerprint density at radius 3 is 2.77 bits per heavy atom. The van der Waals surface area contributed by atoms with Gasteiger partial charge in [-0.2, -0.15) is 10.4 Å². The van der Waals surface area contributed by atoms with Gasteiger partial charge >= 0.3 is 6.16 Å². The van der Waals surface area contributed by atoms with Crippen LogP contribution in [0.1, 0.15) is 42.4 Å². The van der Waals surface area contributed by atoms with E-state index in [1.165, 1.54) is 25.7 Å². The Morgan fingerprint density at radius 2 is 2.06 bits per heavy atom. The zero-order valence-corrected chi connectivity index (χ0v) is 17.2. The molecule has 31 heavy (non-hydrogen) atoms. The van der Waals surface area contributed by atoms with Crippen LogP contribution in [-0.2, 0) is 0 Å². The van der Waals surface area contributed by atoms with Crippen molar-refractivity contribution in [1.82, 2.24) is 0 Å². The van der Waals surface area contributed by atoms with Crippen LogP contribution < -0.4 is 14.5 Å². The molecular weight excluding hydrogens is 394 g/mol. The average molecular weight is 417 g/mol. The molecule has 1 fully saturated rings. The van der Waals surface area contributed by atoms with Crippen molar-refractivity contribution >= 4 is 17.6 Å². The van der Waals surface area contributed by atoms with Crippen molar-refractivity contribution in [3.63, 3.8) is 0 Å². The van der Waals surface area contributed by atoms with Gasteiger partial charge in [-0.15, -0.1) is 0 Å². The average Bonchev–Trinajstić information content (AvgIpc) is 3.40. The van der Waals surface area contributed by atoms with E-state index < -0.39 is 6.16 Å². The number of nitrogens with zero attached hydrogens (tertiary/aromatic N) is 3. The molecule has 1 N–H and O–H groups in total. The Bertz CT molecular complexity index is 1110. The largest absolute Gasteiger partial charge is 0.511 e. The molecule has 0 amide bonds. The van der Waals surface area contributed by atoms with Crippen LogP contribution in [0.15, 0.2) is 41.5 Å². The first-order valence-electron chi connectivity index (χ1n) is 10.6. The highest BCUT2D eigenvalue weighted by Gasteiger charge is 2.46. The van der Waals surface area contributed by atoms with E-state index in [9.17, 15) is 10.1 Å². The third-order valence-corrected chi connectivity index (χ3v) is 6.59. The predicted molar refractivity (Wildman–Crippen MR) is 115 cm³/mol. The van der Waals surface area contributed by atoms with Crippen molar-refractivity contribution in [3.05, 3.63) is 53.1 Å². The maximum absolute atomic E-state index is 10.9. The zero-order valence-electron chi connectivity index (χ0n) is 17.2. The first-order valence-corrected chi connectivity index (χ1v) is 10.6. The molecule has 0 spiro atoms. The van der Waals surface area contributed by atoms with Crippen LogP contribution in [0.3, 0.4) is 0 Å². The molecule has 2 heterocycles. The fourth-order valence-electron chi connectivity index (χ4n) is 5.17. The van der Waals surface area contributed by atoms with Crippen LogP contribution in [0.5, 0.6) is 11.5 Å². The number of hydrogen-bond acceptors (Lipinski definition) is 6. The molecule has 1 aliphatic carbocycles. The number of aryl methyl sites for hydroxylation is 1. The minimum Gasteiger partial charge on any atom is -0.492 e. The highest BCUT2D eigenvalue weighted by molar-refractivity contribution is 6.08. The summed E-state index contributed by atoms with van der Waals surface area (Å²) in [4.78, 5) is 10.9. The molecule has 7 heteroatoms. The van der Waals surface area contributed by atoms with Gasteiger partial charge in [-0.05, 0) is 61.6 Å². The Balaban J connectivity index is 1.56. The van der Waals surface area contributed by atoms with Crippen LogP contribution in [0.4, 0.5) is 10.5 Å². The summed E-state index contributed by atoms with van der Waals surface area (Å²) in [6.45, 7) is 2.45. The van der Waals surface area contributed by atoms with Gasteiger partial charge in [0.05, 0.1) is 41.6 Å². The Kier molecular flexibility index (Phi) is 4.78. The van der Waals surface area contributed by atoms with Gasteiger partial charge in [0.2, 0.25) is 0 Å². The molecule has 7 nitrogen and oxygen atoms in total. The molecule has 3 aliphatic rings. The lowest BCUT2D eigenvalue weighted by atomic mass is 9.82. The second kappa shape index (κ2) is 7.62. The Labute approximate surface area is 180 Å². The predicted octanol–water partition coefficient (Wildman–Crippen LogP) is 4.72. The molecule has 158 valence electrons. The molecule has 2 aromatic rings. The minimum atomic E-state index is -1.35. The number of hydrazone groups is 1. The number of carbonyl (C=O) groups is 1. The number of ether oxygens (including phenoxy) is 2. The quantitative estimate of drug-likeness (QED) is 0.574. The topological polar surface area (TPSA) is 95.2 Å². The summed E-state index contributed by atoms with van der Waals surface area (Å²) >= 11 is 0.